The van der Waals surface area contributed by atoms with Crippen LogP contribution < -0.4 is 10.1 Å². The molecule has 2 aromatic carbocycles. The van der Waals surface area contributed by atoms with Crippen LogP contribution in [0.3, 0.4) is 0 Å². The Morgan fingerprint density at radius 2 is 2.11 bits per heavy atom. The van der Waals surface area contributed by atoms with Gasteiger partial charge in [-0.3, -0.25) is 14.9 Å². The minimum atomic E-state index is -0.648. The monoisotopic (exact) mass is 505 g/mol. The number of aliphatic hydroxyl groups is 1. The van der Waals surface area contributed by atoms with Crippen molar-refractivity contribution in [2.24, 2.45) is 22.4 Å². The van der Waals surface area contributed by atoms with E-state index in [1.54, 1.807) is 0 Å². The van der Waals surface area contributed by atoms with Crippen LogP contribution in [0.5, 0.6) is 5.75 Å². The van der Waals surface area contributed by atoms with Gasteiger partial charge in [0.25, 0.3) is 11.6 Å². The number of nitrogens with one attached hydrogen (secondary N) is 1. The third kappa shape index (κ3) is 4.63. The minimum Gasteiger partial charge on any atom is -0.492 e. The number of benzene rings is 2. The van der Waals surface area contributed by atoms with Gasteiger partial charge < -0.3 is 15.2 Å². The van der Waals surface area contributed by atoms with Crippen LogP contribution >= 0.6 is 0 Å². The molecule has 3 aliphatic rings. The summed E-state index contributed by atoms with van der Waals surface area (Å²) in [4.78, 5) is 25.9. The van der Waals surface area contributed by atoms with Crippen molar-refractivity contribution in [2.45, 2.75) is 57.5 Å². The molecule has 3 aliphatic carbocycles. The second kappa shape index (κ2) is 10.0. The average Bonchev–Trinajstić information content (AvgIpc) is 3.20. The molecule has 2 N–H and O–H groups in total. The van der Waals surface area contributed by atoms with Gasteiger partial charge in [0.05, 0.1) is 17.6 Å². The number of fused-ring (bicyclic) bond motifs is 5. The molecule has 0 heterocycles. The molecule has 10 nitrogen and oxygen atoms in total. The van der Waals surface area contributed by atoms with Gasteiger partial charge in [0.2, 0.25) is 0 Å². The number of aliphatic hydroxyl groups excluding tert-OH is 1. The third-order valence-corrected chi connectivity index (χ3v) is 8.89. The summed E-state index contributed by atoms with van der Waals surface area (Å²) >= 11 is 0. The summed E-state index contributed by atoms with van der Waals surface area (Å²) in [6.45, 7) is 2.65. The summed E-state index contributed by atoms with van der Waals surface area (Å²) in [6, 6.07) is 9.89. The number of azide groups is 1. The van der Waals surface area contributed by atoms with Crippen LogP contribution in [0.25, 0.3) is 10.4 Å². The summed E-state index contributed by atoms with van der Waals surface area (Å²) in [7, 11) is 0. The molecule has 0 unspecified atom stereocenters. The summed E-state index contributed by atoms with van der Waals surface area (Å²) in [5.74, 6) is 1.86. The van der Waals surface area contributed by atoms with Crippen molar-refractivity contribution < 1.29 is 19.6 Å². The van der Waals surface area contributed by atoms with E-state index in [0.717, 1.165) is 50.3 Å². The molecule has 0 aliphatic heterocycles. The fourth-order valence-corrected chi connectivity index (χ4v) is 7.03. The number of amides is 1. The molecule has 0 radical (unpaired) electrons. The summed E-state index contributed by atoms with van der Waals surface area (Å²) in [6.07, 6.45) is 6.20. The standard InChI is InChI=1S/C27H31N5O5/c1-27-11-10-20-19-6-4-18(14-16(19)2-5-21(20)23(27)7-9-25(27)33)37-13-12-29-26(34)22-15-17(30-31-28)3-8-24(22)32(35)36/h3-4,6,8,14-15,20-21,23,25,33H,2,5,7,9-13H2,1H3,(H,29,34)/t20-,21-,23+,25+,27+/m1/s1. The number of nitrogens with zero attached hydrogens (tertiary/aromatic N) is 4. The van der Waals surface area contributed by atoms with Crippen molar-refractivity contribution in [3.8, 4) is 5.75 Å². The molecule has 5 atom stereocenters. The van der Waals surface area contributed by atoms with Crippen LogP contribution in [0.15, 0.2) is 41.5 Å². The number of aryl methyl sites for hydroxylation is 1. The molecule has 194 valence electrons. The highest BCUT2D eigenvalue weighted by atomic mass is 16.6. The minimum absolute atomic E-state index is 0.0663. The van der Waals surface area contributed by atoms with Crippen molar-refractivity contribution in [2.75, 3.05) is 13.2 Å². The molecule has 0 spiro atoms. The van der Waals surface area contributed by atoms with Gasteiger partial charge in [-0.1, -0.05) is 18.1 Å². The fourth-order valence-electron chi connectivity index (χ4n) is 7.03. The number of rotatable bonds is 7. The highest BCUT2D eigenvalue weighted by molar-refractivity contribution is 5.99. The van der Waals surface area contributed by atoms with E-state index < -0.39 is 10.8 Å². The van der Waals surface area contributed by atoms with E-state index in [9.17, 15) is 20.0 Å². The molecule has 2 saturated carbocycles. The summed E-state index contributed by atoms with van der Waals surface area (Å²) in [5, 5.41) is 27.9. The Labute approximate surface area is 214 Å². The Balaban J connectivity index is 1.19. The van der Waals surface area contributed by atoms with Crippen LogP contribution in [0.2, 0.25) is 0 Å². The lowest BCUT2D eigenvalue weighted by atomic mass is 9.55. The van der Waals surface area contributed by atoms with Crippen molar-refractivity contribution in [1.29, 1.82) is 0 Å². The van der Waals surface area contributed by atoms with E-state index in [4.69, 9.17) is 10.3 Å². The zero-order valence-electron chi connectivity index (χ0n) is 20.8. The molecule has 0 saturated heterocycles. The molecule has 5 rings (SSSR count). The largest absolute Gasteiger partial charge is 0.492 e. The maximum atomic E-state index is 12.6. The lowest BCUT2D eigenvalue weighted by molar-refractivity contribution is -0.385. The maximum absolute atomic E-state index is 12.6. The Morgan fingerprint density at radius 3 is 2.89 bits per heavy atom. The van der Waals surface area contributed by atoms with E-state index in [1.165, 1.54) is 23.3 Å². The highest BCUT2D eigenvalue weighted by Crippen LogP contribution is 2.60. The smallest absolute Gasteiger partial charge is 0.282 e. The molecule has 0 bridgehead atoms. The zero-order chi connectivity index (χ0) is 26.2. The first kappa shape index (κ1) is 25.0. The normalized spacial score (nSPS) is 27.7. The Morgan fingerprint density at radius 1 is 1.27 bits per heavy atom. The second-order valence-corrected chi connectivity index (χ2v) is 10.7. The predicted molar refractivity (Wildman–Crippen MR) is 137 cm³/mol. The average molecular weight is 506 g/mol. The predicted octanol–water partition coefficient (Wildman–Crippen LogP) is 5.56. The lowest BCUT2D eigenvalue weighted by Gasteiger charge is -2.50. The van der Waals surface area contributed by atoms with Crippen LogP contribution in [-0.2, 0) is 6.42 Å². The molecule has 1 amide bonds. The SMILES string of the molecule is C[C@]12CC[C@@H]3c4ccc(OCCNC(=O)c5cc(N=[N+]=[N-])ccc5[N+](=O)[O-])cc4CC[C@H]3[C@@H]1CC[C@@H]2O. The van der Waals surface area contributed by atoms with E-state index in [0.29, 0.717) is 17.8 Å². The first-order valence-electron chi connectivity index (χ1n) is 12.9. The Bertz CT molecular complexity index is 1280. The van der Waals surface area contributed by atoms with Crippen LogP contribution in [0, 0.1) is 27.4 Å². The van der Waals surface area contributed by atoms with Crippen molar-refractivity contribution >= 4 is 17.3 Å². The van der Waals surface area contributed by atoms with Crippen LogP contribution in [0.4, 0.5) is 11.4 Å². The van der Waals surface area contributed by atoms with Gasteiger partial charge in [0.15, 0.2) is 0 Å². The quantitative estimate of drug-likeness (QED) is 0.126. The Hall–Kier alpha value is -3.62. The molecule has 10 heteroatoms. The van der Waals surface area contributed by atoms with Gasteiger partial charge >= 0.3 is 0 Å². The summed E-state index contributed by atoms with van der Waals surface area (Å²) < 4.78 is 5.89. The Kier molecular flexibility index (Phi) is 6.79. The zero-order valence-corrected chi connectivity index (χ0v) is 20.8. The van der Waals surface area contributed by atoms with Gasteiger partial charge in [0, 0.05) is 16.7 Å². The number of carbonyl (C=O) groups excluding carboxylic acids is 1. The highest BCUT2D eigenvalue weighted by Gasteiger charge is 2.54. The van der Waals surface area contributed by atoms with Gasteiger partial charge in [-0.15, -0.1) is 0 Å². The van der Waals surface area contributed by atoms with Crippen molar-refractivity contribution in [3.63, 3.8) is 0 Å². The van der Waals surface area contributed by atoms with Crippen molar-refractivity contribution in [3.05, 3.63) is 73.6 Å². The lowest BCUT2D eigenvalue weighted by Crippen LogP contribution is -2.43. The number of hydrogen-bond donors (Lipinski definition) is 2. The van der Waals surface area contributed by atoms with Gasteiger partial charge in [-0.05, 0) is 103 Å². The third-order valence-electron chi connectivity index (χ3n) is 8.89. The van der Waals surface area contributed by atoms with Crippen LogP contribution in [-0.4, -0.2) is 35.2 Å². The topological polar surface area (TPSA) is 150 Å². The molecule has 37 heavy (non-hydrogen) atoms. The number of nitro groups is 1. The number of ether oxygens (including phenoxy) is 1. The molecular formula is C27H31N5O5. The number of hydrogen-bond acceptors (Lipinski definition) is 6. The van der Waals surface area contributed by atoms with Gasteiger partial charge in [-0.2, -0.15) is 0 Å². The molecule has 0 aromatic heterocycles. The van der Waals surface area contributed by atoms with Gasteiger partial charge in [0.1, 0.15) is 17.9 Å². The van der Waals surface area contributed by atoms with E-state index in [1.807, 2.05) is 6.07 Å². The fraction of sp³-hybridized carbons (Fsp3) is 0.519. The molecule has 2 fully saturated rings. The number of carbonyl (C=O) groups is 1. The van der Waals surface area contributed by atoms with E-state index >= 15 is 0 Å². The second-order valence-electron chi connectivity index (χ2n) is 10.7. The maximum Gasteiger partial charge on any atom is 0.282 e. The van der Waals surface area contributed by atoms with Crippen molar-refractivity contribution in [1.82, 2.24) is 5.32 Å². The first-order valence-corrected chi connectivity index (χ1v) is 12.9. The van der Waals surface area contributed by atoms with Crippen LogP contribution in [0.1, 0.15) is 66.4 Å². The van der Waals surface area contributed by atoms with E-state index in [2.05, 4.69) is 34.4 Å². The van der Waals surface area contributed by atoms with E-state index in [-0.39, 0.29) is 41.6 Å². The number of nitro benzene ring substituents is 1. The molecular weight excluding hydrogens is 474 g/mol. The summed E-state index contributed by atoms with van der Waals surface area (Å²) in [5.41, 5.74) is 11.0. The molecule has 2 aromatic rings. The van der Waals surface area contributed by atoms with Gasteiger partial charge in [-0.25, -0.2) is 0 Å². The first-order chi connectivity index (χ1) is 17.8.